The first kappa shape index (κ1) is 19.3. The molecule has 1 aromatic heterocycles. The van der Waals surface area contributed by atoms with Gasteiger partial charge in [-0.25, -0.2) is 0 Å². The van der Waals surface area contributed by atoms with Crippen molar-refractivity contribution in [2.45, 2.75) is 6.54 Å². The van der Waals surface area contributed by atoms with Crippen LogP contribution in [-0.2, 0) is 11.3 Å². The second kappa shape index (κ2) is 8.13. The topological polar surface area (TPSA) is 33.5 Å². The van der Waals surface area contributed by atoms with Crippen molar-refractivity contribution in [1.82, 2.24) is 4.90 Å². The van der Waals surface area contributed by atoms with Crippen molar-refractivity contribution >= 4 is 63.5 Å². The fraction of sp³-hybridized carbons (Fsp3) is 0.0476. The van der Waals surface area contributed by atoms with Crippen molar-refractivity contribution in [3.05, 3.63) is 86.9 Å². The van der Waals surface area contributed by atoms with Gasteiger partial charge in [-0.05, 0) is 35.9 Å². The third kappa shape index (κ3) is 4.03. The third-order valence-electron chi connectivity index (χ3n) is 4.15. The van der Waals surface area contributed by atoms with Gasteiger partial charge in [-0.1, -0.05) is 77.5 Å². The van der Waals surface area contributed by atoms with Gasteiger partial charge in [0.15, 0.2) is 0 Å². The van der Waals surface area contributed by atoms with Gasteiger partial charge in [0.2, 0.25) is 0 Å². The predicted molar refractivity (Wildman–Crippen MR) is 119 cm³/mol. The number of thiocarbonyl (C=S) groups is 1. The number of amides is 1. The highest BCUT2D eigenvalue weighted by Gasteiger charge is 2.32. The lowest BCUT2D eigenvalue weighted by Crippen LogP contribution is -2.27. The SMILES string of the molecule is O=C1/C(=C/c2ccc(-c3ccc(Cl)cc3Cl)o2)SC(=S)N1Cc1ccccc1. The average molecular weight is 446 g/mol. The van der Waals surface area contributed by atoms with E-state index in [2.05, 4.69) is 0 Å². The normalized spacial score (nSPS) is 15.6. The Kier molecular flexibility index (Phi) is 5.60. The van der Waals surface area contributed by atoms with Crippen LogP contribution in [0.2, 0.25) is 10.0 Å². The first-order valence-electron chi connectivity index (χ1n) is 8.36. The Bertz CT molecular complexity index is 1090. The van der Waals surface area contributed by atoms with Gasteiger partial charge >= 0.3 is 0 Å². The summed E-state index contributed by atoms with van der Waals surface area (Å²) in [4.78, 5) is 14.9. The fourth-order valence-corrected chi connectivity index (χ4v) is 4.53. The van der Waals surface area contributed by atoms with E-state index < -0.39 is 0 Å². The summed E-state index contributed by atoms with van der Waals surface area (Å²) in [7, 11) is 0. The molecule has 0 radical (unpaired) electrons. The van der Waals surface area contributed by atoms with Crippen LogP contribution in [-0.4, -0.2) is 15.1 Å². The molecular formula is C21H13Cl2NO2S2. The van der Waals surface area contributed by atoms with Crippen LogP contribution in [0.15, 0.2) is 70.0 Å². The molecule has 0 saturated carbocycles. The minimum Gasteiger partial charge on any atom is -0.457 e. The maximum Gasteiger partial charge on any atom is 0.266 e. The summed E-state index contributed by atoms with van der Waals surface area (Å²) in [5, 5.41) is 1.06. The molecule has 7 heteroatoms. The molecule has 2 aromatic carbocycles. The number of benzene rings is 2. The molecule has 0 aliphatic carbocycles. The molecule has 1 aliphatic heterocycles. The molecule has 28 heavy (non-hydrogen) atoms. The van der Waals surface area contributed by atoms with Crippen molar-refractivity contribution < 1.29 is 9.21 Å². The molecule has 2 heterocycles. The molecule has 0 unspecified atom stereocenters. The van der Waals surface area contributed by atoms with Crippen molar-refractivity contribution in [3.8, 4) is 11.3 Å². The number of nitrogens with zero attached hydrogens (tertiary/aromatic N) is 1. The van der Waals surface area contributed by atoms with Gasteiger partial charge in [0.1, 0.15) is 15.8 Å². The lowest BCUT2D eigenvalue weighted by molar-refractivity contribution is -0.122. The van der Waals surface area contributed by atoms with Gasteiger partial charge in [-0.3, -0.25) is 9.69 Å². The van der Waals surface area contributed by atoms with Gasteiger partial charge in [0, 0.05) is 16.7 Å². The zero-order chi connectivity index (χ0) is 19.7. The van der Waals surface area contributed by atoms with E-state index in [4.69, 9.17) is 39.8 Å². The molecule has 4 rings (SSSR count). The minimum atomic E-state index is -0.124. The van der Waals surface area contributed by atoms with E-state index in [9.17, 15) is 4.79 Å². The lowest BCUT2D eigenvalue weighted by atomic mass is 10.2. The second-order valence-corrected chi connectivity index (χ2v) is 8.60. The number of hydrogen-bond acceptors (Lipinski definition) is 4. The lowest BCUT2D eigenvalue weighted by Gasteiger charge is -2.14. The Morgan fingerprint density at radius 1 is 1.07 bits per heavy atom. The van der Waals surface area contributed by atoms with Crippen LogP contribution in [0.5, 0.6) is 0 Å². The zero-order valence-corrected chi connectivity index (χ0v) is 17.5. The first-order chi connectivity index (χ1) is 13.5. The maximum atomic E-state index is 12.8. The van der Waals surface area contributed by atoms with Crippen LogP contribution in [0.4, 0.5) is 0 Å². The summed E-state index contributed by atoms with van der Waals surface area (Å²) in [5.41, 5.74) is 1.76. The second-order valence-electron chi connectivity index (χ2n) is 6.08. The molecule has 1 fully saturated rings. The monoisotopic (exact) mass is 445 g/mol. The van der Waals surface area contributed by atoms with E-state index in [-0.39, 0.29) is 5.91 Å². The number of hydrogen-bond donors (Lipinski definition) is 0. The van der Waals surface area contributed by atoms with Gasteiger partial charge in [-0.15, -0.1) is 0 Å². The third-order valence-corrected chi connectivity index (χ3v) is 6.08. The summed E-state index contributed by atoms with van der Waals surface area (Å²) in [6, 6.07) is 18.6. The van der Waals surface area contributed by atoms with Gasteiger partial charge in [-0.2, -0.15) is 0 Å². The Labute approximate surface area is 181 Å². The summed E-state index contributed by atoms with van der Waals surface area (Å²) >= 11 is 18.8. The average Bonchev–Trinajstić information content (AvgIpc) is 3.23. The number of carbonyl (C=O) groups excluding carboxylic acids is 1. The quantitative estimate of drug-likeness (QED) is 0.332. The molecule has 3 nitrogen and oxygen atoms in total. The molecule has 3 aromatic rings. The van der Waals surface area contributed by atoms with Crippen LogP contribution >= 0.6 is 47.2 Å². The van der Waals surface area contributed by atoms with Crippen LogP contribution in [0.1, 0.15) is 11.3 Å². The molecule has 0 N–H and O–H groups in total. The molecule has 1 amide bonds. The first-order valence-corrected chi connectivity index (χ1v) is 10.3. The Morgan fingerprint density at radius 2 is 1.86 bits per heavy atom. The van der Waals surface area contributed by atoms with Crippen LogP contribution < -0.4 is 0 Å². The molecule has 140 valence electrons. The zero-order valence-electron chi connectivity index (χ0n) is 14.4. The molecule has 1 saturated heterocycles. The van der Waals surface area contributed by atoms with E-state index in [1.165, 1.54) is 11.8 Å². The van der Waals surface area contributed by atoms with Gasteiger partial charge in [0.25, 0.3) is 5.91 Å². The number of halogens is 2. The highest BCUT2D eigenvalue weighted by molar-refractivity contribution is 8.26. The van der Waals surface area contributed by atoms with E-state index in [0.717, 1.165) is 11.1 Å². The Morgan fingerprint density at radius 3 is 2.61 bits per heavy atom. The molecule has 0 spiro atoms. The number of carbonyl (C=O) groups is 1. The number of thioether (sulfide) groups is 1. The Balaban J connectivity index is 1.56. The molecule has 1 aliphatic rings. The van der Waals surface area contributed by atoms with E-state index in [1.54, 1.807) is 35.2 Å². The van der Waals surface area contributed by atoms with Crippen molar-refractivity contribution in [1.29, 1.82) is 0 Å². The van der Waals surface area contributed by atoms with Crippen LogP contribution in [0.3, 0.4) is 0 Å². The fourth-order valence-electron chi connectivity index (χ4n) is 2.80. The van der Waals surface area contributed by atoms with Crippen molar-refractivity contribution in [2.24, 2.45) is 0 Å². The molecule has 0 atom stereocenters. The summed E-state index contributed by atoms with van der Waals surface area (Å²) in [5.74, 6) is 1.04. The number of rotatable bonds is 4. The highest BCUT2D eigenvalue weighted by Crippen LogP contribution is 2.36. The highest BCUT2D eigenvalue weighted by atomic mass is 35.5. The minimum absolute atomic E-state index is 0.124. The smallest absolute Gasteiger partial charge is 0.266 e. The van der Waals surface area contributed by atoms with Crippen LogP contribution in [0.25, 0.3) is 17.4 Å². The summed E-state index contributed by atoms with van der Waals surface area (Å²) in [6.45, 7) is 0.451. The van der Waals surface area contributed by atoms with E-state index >= 15 is 0 Å². The Hall–Kier alpha value is -2.05. The molecular weight excluding hydrogens is 433 g/mol. The predicted octanol–water partition coefficient (Wildman–Crippen LogP) is 6.65. The maximum absolute atomic E-state index is 12.8. The van der Waals surface area contributed by atoms with Crippen LogP contribution in [0, 0.1) is 0 Å². The van der Waals surface area contributed by atoms with Gasteiger partial charge < -0.3 is 4.42 Å². The molecule has 0 bridgehead atoms. The summed E-state index contributed by atoms with van der Waals surface area (Å²) in [6.07, 6.45) is 1.71. The van der Waals surface area contributed by atoms with E-state index in [1.807, 2.05) is 36.4 Å². The van der Waals surface area contributed by atoms with Crippen molar-refractivity contribution in [3.63, 3.8) is 0 Å². The van der Waals surface area contributed by atoms with E-state index in [0.29, 0.717) is 37.3 Å². The number of furan rings is 1. The van der Waals surface area contributed by atoms with Crippen molar-refractivity contribution in [2.75, 3.05) is 0 Å². The standard InChI is InChI=1S/C21H13Cl2NO2S2/c22-14-6-8-16(17(23)10-14)18-9-7-15(26-18)11-19-20(25)24(21(27)28-19)12-13-4-2-1-3-5-13/h1-11H,12H2/b19-11-. The van der Waals surface area contributed by atoms with Gasteiger partial charge in [0.05, 0.1) is 16.5 Å². The summed E-state index contributed by atoms with van der Waals surface area (Å²) < 4.78 is 6.39. The largest absolute Gasteiger partial charge is 0.457 e.